The van der Waals surface area contributed by atoms with Gasteiger partial charge in [0.25, 0.3) is 5.91 Å². The third-order valence-electron chi connectivity index (χ3n) is 4.89. The van der Waals surface area contributed by atoms with Crippen LogP contribution in [0.2, 0.25) is 0 Å². The van der Waals surface area contributed by atoms with E-state index in [9.17, 15) is 9.59 Å². The summed E-state index contributed by atoms with van der Waals surface area (Å²) in [5.41, 5.74) is 1.25. The first-order chi connectivity index (χ1) is 11.2. The average Bonchev–Trinajstić information content (AvgIpc) is 3.26. The minimum absolute atomic E-state index is 0.251. The Hall–Kier alpha value is -1.40. The van der Waals surface area contributed by atoms with Crippen LogP contribution >= 0.6 is 11.3 Å². The van der Waals surface area contributed by atoms with Crippen molar-refractivity contribution in [3.8, 4) is 0 Å². The Kier molecular flexibility index (Phi) is 5.67. The van der Waals surface area contributed by atoms with E-state index in [1.54, 1.807) is 11.3 Å². The van der Waals surface area contributed by atoms with E-state index in [0.29, 0.717) is 13.0 Å². The van der Waals surface area contributed by atoms with Crippen LogP contribution in [0.1, 0.15) is 24.8 Å². The van der Waals surface area contributed by atoms with Gasteiger partial charge in [-0.25, -0.2) is 0 Å². The molecule has 1 aromatic rings. The van der Waals surface area contributed by atoms with Gasteiger partial charge in [0.15, 0.2) is 6.54 Å². The zero-order valence-electron chi connectivity index (χ0n) is 13.6. The second kappa shape index (κ2) is 7.93. The molecule has 0 spiro atoms. The predicted molar refractivity (Wildman–Crippen MR) is 90.6 cm³/mol. The van der Waals surface area contributed by atoms with Crippen molar-refractivity contribution < 1.29 is 14.5 Å². The molecule has 1 aromatic heterocycles. The summed E-state index contributed by atoms with van der Waals surface area (Å²) in [5, 5.41) is 4.17. The molecule has 0 radical (unpaired) electrons. The van der Waals surface area contributed by atoms with E-state index in [4.69, 9.17) is 0 Å². The van der Waals surface area contributed by atoms with E-state index in [2.05, 4.69) is 16.8 Å². The molecule has 0 bridgehead atoms. The Bertz CT molecular complexity index is 518. The Labute approximate surface area is 141 Å². The van der Waals surface area contributed by atoms with E-state index < -0.39 is 0 Å². The molecule has 3 rings (SSSR count). The zero-order valence-corrected chi connectivity index (χ0v) is 14.4. The molecule has 23 heavy (non-hydrogen) atoms. The van der Waals surface area contributed by atoms with Crippen LogP contribution in [0, 0.1) is 0 Å². The number of aryl methyl sites for hydroxylation is 1. The fourth-order valence-electron chi connectivity index (χ4n) is 3.39. The monoisotopic (exact) mass is 336 g/mol. The minimum Gasteiger partial charge on any atom is -0.338 e. The number of piperazine rings is 1. The van der Waals surface area contributed by atoms with Crippen molar-refractivity contribution in [1.29, 1.82) is 0 Å². The van der Waals surface area contributed by atoms with Crippen LogP contribution in [0.5, 0.6) is 0 Å². The zero-order chi connectivity index (χ0) is 16.1. The number of nitrogens with one attached hydrogen (secondary N) is 1. The highest BCUT2D eigenvalue weighted by Crippen LogP contribution is 2.10. The molecule has 0 saturated carbocycles. The lowest BCUT2D eigenvalue weighted by Gasteiger charge is -2.32. The number of nitrogens with zero attached hydrogens (tertiary/aromatic N) is 2. The van der Waals surface area contributed by atoms with Crippen LogP contribution in [-0.2, 0) is 16.0 Å². The van der Waals surface area contributed by atoms with Crippen molar-refractivity contribution in [2.45, 2.75) is 25.7 Å². The molecule has 2 fully saturated rings. The highest BCUT2D eigenvalue weighted by Gasteiger charge is 2.27. The molecule has 2 aliphatic heterocycles. The largest absolute Gasteiger partial charge is 0.338 e. The normalized spacial score (nSPS) is 19.3. The fraction of sp³-hybridized carbons (Fsp3) is 0.647. The lowest BCUT2D eigenvalue weighted by atomic mass is 10.1. The number of hydrogen-bond acceptors (Lipinski definition) is 3. The van der Waals surface area contributed by atoms with Crippen LogP contribution in [0.15, 0.2) is 16.8 Å². The lowest BCUT2D eigenvalue weighted by molar-refractivity contribution is -0.896. The van der Waals surface area contributed by atoms with Gasteiger partial charge in [-0.1, -0.05) is 0 Å². The van der Waals surface area contributed by atoms with Crippen LogP contribution in [0.25, 0.3) is 0 Å². The average molecular weight is 336 g/mol. The van der Waals surface area contributed by atoms with Gasteiger partial charge in [-0.05, 0) is 41.7 Å². The molecule has 3 heterocycles. The first-order valence-corrected chi connectivity index (χ1v) is 9.57. The highest BCUT2D eigenvalue weighted by molar-refractivity contribution is 7.07. The van der Waals surface area contributed by atoms with Gasteiger partial charge in [-0.3, -0.25) is 9.59 Å². The number of hydrogen-bond donors (Lipinski definition) is 1. The van der Waals surface area contributed by atoms with E-state index in [0.717, 1.165) is 58.5 Å². The molecular weight excluding hydrogens is 310 g/mol. The Balaban J connectivity index is 1.37. The number of quaternary nitrogens is 1. The smallest absolute Gasteiger partial charge is 0.277 e. The molecule has 1 N–H and O–H groups in total. The molecule has 6 heteroatoms. The third-order valence-corrected chi connectivity index (χ3v) is 5.62. The van der Waals surface area contributed by atoms with Gasteiger partial charge in [-0.15, -0.1) is 0 Å². The Morgan fingerprint density at radius 3 is 2.39 bits per heavy atom. The van der Waals surface area contributed by atoms with Crippen molar-refractivity contribution >= 4 is 23.2 Å². The SMILES string of the molecule is O=C(CCc1ccsc1)N1CC[NH+](CC(=O)N2CCCC2)CC1. The standard InChI is InChI=1S/C17H25N3O2S/c21-16(4-3-15-5-12-23-14-15)20-10-8-18(9-11-20)13-17(22)19-6-1-2-7-19/h5,12,14H,1-4,6-11,13H2/p+1. The second-order valence-corrected chi connectivity index (χ2v) is 7.31. The van der Waals surface area contributed by atoms with Crippen LogP contribution < -0.4 is 4.90 Å². The maximum atomic E-state index is 12.3. The molecule has 0 atom stereocenters. The van der Waals surface area contributed by atoms with Gasteiger partial charge in [0.2, 0.25) is 5.91 Å². The molecular formula is C17H26N3O2S+. The molecule has 126 valence electrons. The lowest BCUT2D eigenvalue weighted by Crippen LogP contribution is -3.15. The Morgan fingerprint density at radius 1 is 1.04 bits per heavy atom. The minimum atomic E-state index is 0.251. The van der Waals surface area contributed by atoms with Crippen molar-refractivity contribution in [2.75, 3.05) is 45.8 Å². The number of amides is 2. The topological polar surface area (TPSA) is 45.1 Å². The summed E-state index contributed by atoms with van der Waals surface area (Å²) in [6.45, 7) is 5.80. The second-order valence-electron chi connectivity index (χ2n) is 6.53. The predicted octanol–water partition coefficient (Wildman–Crippen LogP) is 0.0302. The summed E-state index contributed by atoms with van der Waals surface area (Å²) in [5.74, 6) is 0.538. The molecule has 5 nitrogen and oxygen atoms in total. The quantitative estimate of drug-likeness (QED) is 0.825. The number of carbonyl (C=O) groups is 2. The molecule has 2 amide bonds. The van der Waals surface area contributed by atoms with E-state index in [1.165, 1.54) is 10.5 Å². The highest BCUT2D eigenvalue weighted by atomic mass is 32.1. The maximum absolute atomic E-state index is 12.3. The molecule has 0 aliphatic carbocycles. The van der Waals surface area contributed by atoms with Gasteiger partial charge >= 0.3 is 0 Å². The fourth-order valence-corrected chi connectivity index (χ4v) is 4.09. The maximum Gasteiger partial charge on any atom is 0.277 e. The van der Waals surface area contributed by atoms with Crippen molar-refractivity contribution in [3.05, 3.63) is 22.4 Å². The first-order valence-electron chi connectivity index (χ1n) is 8.62. The van der Waals surface area contributed by atoms with Gasteiger partial charge in [-0.2, -0.15) is 11.3 Å². The molecule has 2 saturated heterocycles. The van der Waals surface area contributed by atoms with Gasteiger partial charge < -0.3 is 14.7 Å². The number of thiophene rings is 1. The van der Waals surface area contributed by atoms with Crippen molar-refractivity contribution in [2.24, 2.45) is 0 Å². The third kappa shape index (κ3) is 4.54. The number of carbonyl (C=O) groups excluding carboxylic acids is 2. The van der Waals surface area contributed by atoms with E-state index >= 15 is 0 Å². The van der Waals surface area contributed by atoms with Crippen molar-refractivity contribution in [3.63, 3.8) is 0 Å². The van der Waals surface area contributed by atoms with Gasteiger partial charge in [0, 0.05) is 19.5 Å². The van der Waals surface area contributed by atoms with E-state index in [1.807, 2.05) is 9.80 Å². The summed E-state index contributed by atoms with van der Waals surface area (Å²) in [7, 11) is 0. The summed E-state index contributed by atoms with van der Waals surface area (Å²) in [6.07, 6.45) is 3.72. The molecule has 0 aromatic carbocycles. The molecule has 2 aliphatic rings. The number of rotatable bonds is 5. The van der Waals surface area contributed by atoms with Crippen LogP contribution in [0.3, 0.4) is 0 Å². The first kappa shape index (κ1) is 16.5. The van der Waals surface area contributed by atoms with Crippen LogP contribution in [0.4, 0.5) is 0 Å². The summed E-state index contributed by atoms with van der Waals surface area (Å²) in [6, 6.07) is 2.09. The van der Waals surface area contributed by atoms with E-state index in [-0.39, 0.29) is 11.8 Å². The molecule has 0 unspecified atom stereocenters. The van der Waals surface area contributed by atoms with Gasteiger partial charge in [0.05, 0.1) is 26.2 Å². The summed E-state index contributed by atoms with van der Waals surface area (Å²) < 4.78 is 0. The Morgan fingerprint density at radius 2 is 1.74 bits per heavy atom. The van der Waals surface area contributed by atoms with Crippen LogP contribution in [-0.4, -0.2) is 67.4 Å². The van der Waals surface area contributed by atoms with Gasteiger partial charge in [0.1, 0.15) is 0 Å². The number of likely N-dealkylation sites (tertiary alicyclic amines) is 1. The summed E-state index contributed by atoms with van der Waals surface area (Å²) >= 11 is 1.68. The summed E-state index contributed by atoms with van der Waals surface area (Å²) in [4.78, 5) is 29.7. The van der Waals surface area contributed by atoms with Crippen molar-refractivity contribution in [1.82, 2.24) is 9.80 Å².